The van der Waals surface area contributed by atoms with E-state index in [0.717, 1.165) is 0 Å². The van der Waals surface area contributed by atoms with Gasteiger partial charge in [-0.1, -0.05) is 0 Å². The fourth-order valence-corrected chi connectivity index (χ4v) is 0.189. The summed E-state index contributed by atoms with van der Waals surface area (Å²) < 4.78 is 0. The summed E-state index contributed by atoms with van der Waals surface area (Å²) in [7, 11) is 0. The Kier molecular flexibility index (Phi) is 8.41. The summed E-state index contributed by atoms with van der Waals surface area (Å²) in [5.74, 6) is -1.85. The second-order valence-corrected chi connectivity index (χ2v) is 1.30. The number of aliphatic carboxylic acids is 1. The number of carbonyl (C=O) groups excluding carboxylic acids is 1. The van der Waals surface area contributed by atoms with Crippen molar-refractivity contribution in [2.45, 2.75) is 6.10 Å². The van der Waals surface area contributed by atoms with Crippen molar-refractivity contribution in [3.05, 3.63) is 0 Å². The van der Waals surface area contributed by atoms with Gasteiger partial charge in [-0.2, -0.15) is 0 Å². The Morgan fingerprint density at radius 2 is 2.25 bits per heavy atom. The van der Waals surface area contributed by atoms with Crippen LogP contribution in [0.4, 0.5) is 0 Å². The normalized spacial score (nSPS) is 11.8. The molecule has 3 nitrogen and oxygen atoms in total. The zero-order chi connectivity index (χ0) is 5.86. The molecule has 1 unspecified atom stereocenters. The van der Waals surface area contributed by atoms with Crippen molar-refractivity contribution in [3.8, 4) is 0 Å². The van der Waals surface area contributed by atoms with Crippen molar-refractivity contribution in [3.63, 3.8) is 0 Å². The number of carboxylic acids is 1. The first-order valence-corrected chi connectivity index (χ1v) is 2.17. The van der Waals surface area contributed by atoms with E-state index in [9.17, 15) is 9.90 Å². The average molecular weight is 147 g/mol. The van der Waals surface area contributed by atoms with Gasteiger partial charge in [0.1, 0.15) is 6.10 Å². The van der Waals surface area contributed by atoms with Gasteiger partial charge >= 0.3 is 29.6 Å². The topological polar surface area (TPSA) is 60.4 Å². The van der Waals surface area contributed by atoms with Crippen LogP contribution in [0.25, 0.3) is 0 Å². The van der Waals surface area contributed by atoms with Gasteiger partial charge in [0.05, 0.1) is 11.8 Å². The second kappa shape index (κ2) is 5.85. The van der Waals surface area contributed by atoms with E-state index in [0.29, 0.717) is 0 Å². The number of halogens is 1. The molecule has 0 fully saturated rings. The molecule has 0 spiro atoms. The summed E-state index contributed by atoms with van der Waals surface area (Å²) in [5.41, 5.74) is 0. The van der Waals surface area contributed by atoms with Gasteiger partial charge < -0.3 is 15.0 Å². The standard InChI is InChI=1S/C3H5ClO3.Na/c4-1-2(5)3(6)7;/h2,5H,1H2,(H,6,7);/q;+1/p-1. The first-order valence-electron chi connectivity index (χ1n) is 1.63. The van der Waals surface area contributed by atoms with E-state index in [1.165, 1.54) is 0 Å². The number of carboxylic acid groups (broad SMARTS) is 1. The maximum atomic E-state index is 9.48. The van der Waals surface area contributed by atoms with Crippen LogP contribution in [0, 0.1) is 0 Å². The number of alkyl halides is 1. The van der Waals surface area contributed by atoms with Gasteiger partial charge in [0.15, 0.2) is 0 Å². The van der Waals surface area contributed by atoms with Crippen LogP contribution in [-0.2, 0) is 4.79 Å². The Balaban J connectivity index is 0. The SMILES string of the molecule is O=C([O-])C(O)CCl.[Na+]. The van der Waals surface area contributed by atoms with Crippen LogP contribution < -0.4 is 34.7 Å². The molecule has 0 aromatic rings. The van der Waals surface area contributed by atoms with Crippen LogP contribution in [0.2, 0.25) is 0 Å². The molecule has 0 amide bonds. The summed E-state index contributed by atoms with van der Waals surface area (Å²) in [4.78, 5) is 9.48. The molecule has 0 aliphatic heterocycles. The predicted molar refractivity (Wildman–Crippen MR) is 21.7 cm³/mol. The Bertz CT molecular complexity index is 76.9. The molecule has 1 atom stereocenters. The second-order valence-electron chi connectivity index (χ2n) is 0.989. The third kappa shape index (κ3) is 4.87. The number of aliphatic hydroxyl groups is 1. The minimum Gasteiger partial charge on any atom is -0.547 e. The molecular formula is C3H4ClNaO3. The Morgan fingerprint density at radius 1 is 1.88 bits per heavy atom. The van der Waals surface area contributed by atoms with Crippen LogP contribution in [0.1, 0.15) is 0 Å². The molecule has 0 saturated heterocycles. The predicted octanol–water partition coefficient (Wildman–Crippen LogP) is -4.66. The number of hydrogen-bond acceptors (Lipinski definition) is 3. The molecule has 0 heterocycles. The molecule has 0 aliphatic rings. The first-order chi connectivity index (χ1) is 3.18. The Morgan fingerprint density at radius 3 is 2.25 bits per heavy atom. The summed E-state index contributed by atoms with van der Waals surface area (Å²) in [6.07, 6.45) is -1.53. The van der Waals surface area contributed by atoms with Gasteiger partial charge in [0.2, 0.25) is 0 Å². The monoisotopic (exact) mass is 146 g/mol. The van der Waals surface area contributed by atoms with Crippen molar-refractivity contribution >= 4 is 17.6 Å². The van der Waals surface area contributed by atoms with Gasteiger partial charge in [-0.05, 0) is 0 Å². The largest absolute Gasteiger partial charge is 1.00 e. The van der Waals surface area contributed by atoms with Crippen molar-refractivity contribution in [2.24, 2.45) is 0 Å². The van der Waals surface area contributed by atoms with E-state index in [1.54, 1.807) is 0 Å². The molecule has 0 radical (unpaired) electrons. The number of hydrogen-bond donors (Lipinski definition) is 1. The molecule has 8 heavy (non-hydrogen) atoms. The van der Waals surface area contributed by atoms with Gasteiger partial charge in [0, 0.05) is 0 Å². The fourth-order valence-electron chi connectivity index (χ4n) is 0.0630. The molecule has 0 bridgehead atoms. The third-order valence-electron chi connectivity index (χ3n) is 0.418. The van der Waals surface area contributed by atoms with Gasteiger partial charge in [0.25, 0.3) is 0 Å². The third-order valence-corrected chi connectivity index (χ3v) is 0.711. The average Bonchev–Trinajstić information content (AvgIpc) is 1.65. The van der Waals surface area contributed by atoms with Gasteiger partial charge in [-0.15, -0.1) is 11.6 Å². The molecule has 0 aliphatic carbocycles. The molecule has 0 aromatic carbocycles. The molecule has 5 heteroatoms. The molecule has 0 rings (SSSR count). The minimum atomic E-state index is -1.53. The molecular weight excluding hydrogens is 142 g/mol. The van der Waals surface area contributed by atoms with Crippen molar-refractivity contribution in [1.29, 1.82) is 0 Å². The van der Waals surface area contributed by atoms with Crippen molar-refractivity contribution in [2.75, 3.05) is 5.88 Å². The zero-order valence-electron chi connectivity index (χ0n) is 4.43. The van der Waals surface area contributed by atoms with Gasteiger partial charge in [-0.3, -0.25) is 0 Å². The Hall–Kier alpha value is 0.720. The van der Waals surface area contributed by atoms with Crippen LogP contribution in [-0.4, -0.2) is 23.1 Å². The van der Waals surface area contributed by atoms with E-state index >= 15 is 0 Å². The van der Waals surface area contributed by atoms with E-state index in [1.807, 2.05) is 0 Å². The first kappa shape index (κ1) is 11.5. The van der Waals surface area contributed by atoms with E-state index < -0.39 is 12.1 Å². The van der Waals surface area contributed by atoms with E-state index in [-0.39, 0.29) is 35.4 Å². The minimum absolute atomic E-state index is 0. The summed E-state index contributed by atoms with van der Waals surface area (Å²) >= 11 is 4.88. The zero-order valence-corrected chi connectivity index (χ0v) is 7.18. The van der Waals surface area contributed by atoms with Gasteiger partial charge in [-0.25, -0.2) is 0 Å². The van der Waals surface area contributed by atoms with Crippen molar-refractivity contribution < 1.29 is 44.6 Å². The number of rotatable bonds is 2. The molecule has 0 saturated carbocycles. The molecule has 0 aromatic heterocycles. The Labute approximate surface area is 73.9 Å². The quantitative estimate of drug-likeness (QED) is 0.315. The van der Waals surface area contributed by atoms with Crippen LogP contribution in [0.15, 0.2) is 0 Å². The van der Waals surface area contributed by atoms with Crippen LogP contribution in [0.5, 0.6) is 0 Å². The smallest absolute Gasteiger partial charge is 0.547 e. The summed E-state index contributed by atoms with van der Waals surface area (Å²) in [6, 6.07) is 0. The summed E-state index contributed by atoms with van der Waals surface area (Å²) in [6.45, 7) is 0. The number of aliphatic hydroxyl groups excluding tert-OH is 1. The molecule has 42 valence electrons. The maximum Gasteiger partial charge on any atom is 1.00 e. The van der Waals surface area contributed by atoms with Crippen LogP contribution >= 0.6 is 11.6 Å². The van der Waals surface area contributed by atoms with E-state index in [4.69, 9.17) is 16.7 Å². The maximum absolute atomic E-state index is 9.48. The van der Waals surface area contributed by atoms with Crippen LogP contribution in [0.3, 0.4) is 0 Å². The fraction of sp³-hybridized carbons (Fsp3) is 0.667. The number of carbonyl (C=O) groups is 1. The van der Waals surface area contributed by atoms with E-state index in [2.05, 4.69) is 0 Å². The van der Waals surface area contributed by atoms with Crippen molar-refractivity contribution in [1.82, 2.24) is 0 Å². The molecule has 1 N–H and O–H groups in total. The summed E-state index contributed by atoms with van der Waals surface area (Å²) in [5, 5.41) is 17.6.